The zero-order valence-electron chi connectivity index (χ0n) is 24.6. The standard InChI is InChI=1S/C34H30Cl2F2N2O2S3/c1-3-5-15-41-19-7-9-21(23(37)17-19)25-11-13-27(43-25)29-31(35)32(36)30(34-33(29)39-45-40-34)28-14-12-26(44-28)22-10-8-20(18-24(22)38)42-16-6-4-2/h7-14,17-18,33,39H,3-6,15-16H2,1-2H3. The van der Waals surface area contributed by atoms with Crippen molar-refractivity contribution in [2.75, 3.05) is 13.2 Å². The Bertz CT molecular complexity index is 1810. The molecule has 1 atom stereocenters. The van der Waals surface area contributed by atoms with Gasteiger partial charge in [-0.25, -0.2) is 17.9 Å². The molecule has 0 fully saturated rings. The van der Waals surface area contributed by atoms with Gasteiger partial charge in [-0.2, -0.15) is 0 Å². The second kappa shape index (κ2) is 14.4. The maximum Gasteiger partial charge on any atom is 0.135 e. The second-order valence-corrected chi connectivity index (χ2v) is 14.1. The highest BCUT2D eigenvalue weighted by Crippen LogP contribution is 2.49. The summed E-state index contributed by atoms with van der Waals surface area (Å²) in [6.07, 6.45) is 3.85. The van der Waals surface area contributed by atoms with Gasteiger partial charge < -0.3 is 9.47 Å². The minimum absolute atomic E-state index is 0.326. The van der Waals surface area contributed by atoms with Crippen molar-refractivity contribution in [2.45, 2.75) is 45.6 Å². The first-order valence-corrected chi connectivity index (χ1v) is 17.9. The minimum Gasteiger partial charge on any atom is -0.493 e. The average Bonchev–Trinajstić information content (AvgIpc) is 3.81. The van der Waals surface area contributed by atoms with Crippen LogP contribution < -0.4 is 14.2 Å². The lowest BCUT2D eigenvalue weighted by Crippen LogP contribution is -2.32. The van der Waals surface area contributed by atoms with Gasteiger partial charge in [0.2, 0.25) is 0 Å². The molecule has 2 aliphatic rings. The molecule has 4 aromatic rings. The fourth-order valence-corrected chi connectivity index (χ4v) is 8.67. The summed E-state index contributed by atoms with van der Waals surface area (Å²) in [5.41, 5.74) is 3.22. The lowest BCUT2D eigenvalue weighted by molar-refractivity contribution is 0.308. The number of allylic oxidation sites excluding steroid dienone is 2. The van der Waals surface area contributed by atoms with E-state index in [0.717, 1.165) is 56.5 Å². The fraction of sp³-hybridized carbons (Fsp3) is 0.265. The molecule has 3 heterocycles. The van der Waals surface area contributed by atoms with Crippen LogP contribution in [0.3, 0.4) is 0 Å². The van der Waals surface area contributed by atoms with Crippen LogP contribution in [-0.4, -0.2) is 25.0 Å². The third kappa shape index (κ3) is 6.75. The van der Waals surface area contributed by atoms with Gasteiger partial charge in [0, 0.05) is 53.9 Å². The average molecular weight is 704 g/mol. The highest BCUT2D eigenvalue weighted by molar-refractivity contribution is 7.96. The van der Waals surface area contributed by atoms with Gasteiger partial charge in [-0.3, -0.25) is 0 Å². The molecular weight excluding hydrogens is 673 g/mol. The molecule has 0 saturated carbocycles. The molecule has 0 amide bonds. The molecule has 1 N–H and O–H groups in total. The molecule has 0 radical (unpaired) electrons. The number of fused-ring (bicyclic) bond motifs is 1. The summed E-state index contributed by atoms with van der Waals surface area (Å²) < 4.78 is 49.6. The summed E-state index contributed by atoms with van der Waals surface area (Å²) in [5, 5.41) is 0.767. The number of ether oxygens (including phenoxy) is 2. The molecule has 2 aromatic carbocycles. The van der Waals surface area contributed by atoms with Crippen LogP contribution in [0.5, 0.6) is 11.5 Å². The number of benzene rings is 2. The molecule has 0 spiro atoms. The third-order valence-electron chi connectivity index (χ3n) is 7.45. The molecule has 1 unspecified atom stereocenters. The Hall–Kier alpha value is -2.66. The number of thiophene rings is 2. The van der Waals surface area contributed by atoms with Crippen LogP contribution in [0.2, 0.25) is 0 Å². The lowest BCUT2D eigenvalue weighted by Gasteiger charge is -2.25. The molecule has 0 saturated heterocycles. The minimum atomic E-state index is -0.349. The summed E-state index contributed by atoms with van der Waals surface area (Å²) in [5.74, 6) is 0.341. The van der Waals surface area contributed by atoms with Gasteiger partial charge in [0.05, 0.1) is 47.2 Å². The Labute approximate surface area is 284 Å². The number of nitrogens with one attached hydrogen (secondary N) is 1. The molecule has 2 aromatic heterocycles. The van der Waals surface area contributed by atoms with Crippen molar-refractivity contribution in [3.63, 3.8) is 0 Å². The summed E-state index contributed by atoms with van der Waals surface area (Å²) in [6, 6.07) is 17.2. The van der Waals surface area contributed by atoms with E-state index in [1.165, 1.54) is 46.9 Å². The molecule has 45 heavy (non-hydrogen) atoms. The summed E-state index contributed by atoms with van der Waals surface area (Å²) in [7, 11) is 0. The van der Waals surface area contributed by atoms with Crippen molar-refractivity contribution in [3.8, 4) is 32.4 Å². The van der Waals surface area contributed by atoms with Crippen molar-refractivity contribution in [1.82, 2.24) is 4.72 Å². The number of halogens is 4. The number of unbranched alkanes of at least 4 members (excludes halogenated alkanes) is 2. The van der Waals surface area contributed by atoms with Crippen molar-refractivity contribution < 1.29 is 18.3 Å². The predicted octanol–water partition coefficient (Wildman–Crippen LogP) is 11.4. The largest absolute Gasteiger partial charge is 0.493 e. The molecule has 1 aliphatic carbocycles. The van der Waals surface area contributed by atoms with E-state index < -0.39 is 0 Å². The molecule has 11 heteroatoms. The quantitative estimate of drug-likeness (QED) is 0.118. The first kappa shape index (κ1) is 32.3. The highest BCUT2D eigenvalue weighted by Gasteiger charge is 2.39. The number of nitrogens with zero attached hydrogens (tertiary/aromatic N) is 1. The number of rotatable bonds is 12. The van der Waals surface area contributed by atoms with Crippen molar-refractivity contribution in [3.05, 3.63) is 92.1 Å². The van der Waals surface area contributed by atoms with Gasteiger partial charge in [-0.1, -0.05) is 49.9 Å². The first-order valence-electron chi connectivity index (χ1n) is 14.7. The predicted molar refractivity (Wildman–Crippen MR) is 188 cm³/mol. The van der Waals surface area contributed by atoms with Gasteiger partial charge in [0.1, 0.15) is 23.1 Å². The van der Waals surface area contributed by atoms with E-state index in [1.807, 2.05) is 24.3 Å². The van der Waals surface area contributed by atoms with Crippen LogP contribution in [0, 0.1) is 11.6 Å². The number of hydrogen-bond acceptors (Lipinski definition) is 7. The van der Waals surface area contributed by atoms with Crippen LogP contribution in [0.4, 0.5) is 8.78 Å². The first-order chi connectivity index (χ1) is 21.9. The maximum absolute atomic E-state index is 15.1. The summed E-state index contributed by atoms with van der Waals surface area (Å²) >= 11 is 18.1. The van der Waals surface area contributed by atoms with Crippen LogP contribution in [0.25, 0.3) is 32.0 Å². The Balaban J connectivity index is 1.29. The Morgan fingerprint density at radius 3 is 1.82 bits per heavy atom. The van der Waals surface area contributed by atoms with Crippen LogP contribution >= 0.6 is 58.0 Å². The topological polar surface area (TPSA) is 42.9 Å². The van der Waals surface area contributed by atoms with Crippen molar-refractivity contribution in [1.29, 1.82) is 0 Å². The smallest absolute Gasteiger partial charge is 0.135 e. The van der Waals surface area contributed by atoms with E-state index in [4.69, 9.17) is 32.7 Å². The summed E-state index contributed by atoms with van der Waals surface area (Å²) in [4.78, 5) is 3.21. The molecule has 1 aliphatic heterocycles. The van der Waals surface area contributed by atoms with Gasteiger partial charge in [0.25, 0.3) is 0 Å². The molecule has 4 nitrogen and oxygen atoms in total. The lowest BCUT2D eigenvalue weighted by atomic mass is 9.89. The van der Waals surface area contributed by atoms with E-state index in [9.17, 15) is 0 Å². The van der Waals surface area contributed by atoms with E-state index >= 15 is 8.78 Å². The van der Waals surface area contributed by atoms with Gasteiger partial charge >= 0.3 is 0 Å². The third-order valence-corrected chi connectivity index (χ3v) is 11.2. The van der Waals surface area contributed by atoms with Crippen molar-refractivity contribution >= 4 is 74.9 Å². The summed E-state index contributed by atoms with van der Waals surface area (Å²) in [6.45, 7) is 5.28. The highest BCUT2D eigenvalue weighted by atomic mass is 35.5. The Morgan fingerprint density at radius 2 is 1.27 bits per heavy atom. The van der Waals surface area contributed by atoms with Crippen LogP contribution in [-0.2, 0) is 0 Å². The van der Waals surface area contributed by atoms with Gasteiger partial charge in [-0.05, 0) is 61.4 Å². The van der Waals surface area contributed by atoms with Crippen LogP contribution in [0.15, 0.2) is 75.1 Å². The molecule has 234 valence electrons. The second-order valence-electron chi connectivity index (χ2n) is 10.6. The van der Waals surface area contributed by atoms with Gasteiger partial charge in [-0.15, -0.1) is 22.7 Å². The maximum atomic E-state index is 15.1. The van der Waals surface area contributed by atoms with E-state index in [1.54, 1.807) is 24.3 Å². The fourth-order valence-electron chi connectivity index (χ4n) is 5.06. The van der Waals surface area contributed by atoms with Crippen molar-refractivity contribution in [2.24, 2.45) is 4.40 Å². The van der Waals surface area contributed by atoms with Crippen LogP contribution in [0.1, 0.15) is 49.3 Å². The monoisotopic (exact) mass is 702 g/mol. The van der Waals surface area contributed by atoms with E-state index in [0.29, 0.717) is 51.5 Å². The van der Waals surface area contributed by atoms with Gasteiger partial charge in [0.15, 0.2) is 0 Å². The Kier molecular flexibility index (Phi) is 10.3. The molecular formula is C34H30Cl2F2N2O2S3. The zero-order valence-corrected chi connectivity index (χ0v) is 28.6. The van der Waals surface area contributed by atoms with E-state index in [-0.39, 0.29) is 17.7 Å². The normalized spacial score (nSPS) is 16.3. The van der Waals surface area contributed by atoms with E-state index in [2.05, 4.69) is 23.0 Å². The SMILES string of the molecule is CCCCOc1ccc(-c2ccc(C3=C(Cl)C(Cl)=C(c4ccc(-c5ccc(OCCCC)cc5F)s4)C4NSN=C34)s2)c(F)c1. The molecule has 6 rings (SSSR count). The Morgan fingerprint density at radius 1 is 0.733 bits per heavy atom. The number of hydrogen-bond donors (Lipinski definition) is 1. The zero-order chi connectivity index (χ0) is 31.5. The molecule has 0 bridgehead atoms.